The van der Waals surface area contributed by atoms with Crippen molar-refractivity contribution in [2.24, 2.45) is 0 Å². The first kappa shape index (κ1) is 15.0. The van der Waals surface area contributed by atoms with E-state index in [0.29, 0.717) is 18.6 Å². The normalized spacial score (nSPS) is 27.8. The minimum Gasteiger partial charge on any atom is -0.490 e. The fourth-order valence-electron chi connectivity index (χ4n) is 3.45. The zero-order valence-electron chi connectivity index (χ0n) is 11.7. The molecule has 0 radical (unpaired) electrons. The summed E-state index contributed by atoms with van der Waals surface area (Å²) < 4.78 is 43.3. The summed E-state index contributed by atoms with van der Waals surface area (Å²) >= 11 is 0. The molecule has 0 spiro atoms. The second kappa shape index (κ2) is 5.37. The van der Waals surface area contributed by atoms with Gasteiger partial charge < -0.3 is 14.7 Å². The number of alkyl halides is 3. The van der Waals surface area contributed by atoms with Crippen LogP contribution in [0.25, 0.3) is 0 Å². The van der Waals surface area contributed by atoms with Gasteiger partial charge in [-0.1, -0.05) is 0 Å². The van der Waals surface area contributed by atoms with Gasteiger partial charge in [-0.05, 0) is 37.1 Å². The Morgan fingerprint density at radius 3 is 2.14 bits per heavy atom. The summed E-state index contributed by atoms with van der Waals surface area (Å²) in [5.74, 6) is 0.390. The molecule has 2 saturated heterocycles. The Hall–Kier alpha value is -1.92. The SMILES string of the molecule is O=C(O)N1[C@@H]2CC[C@H]1CC(Oc1ccc(C(F)(F)F)cc1)C2. The van der Waals surface area contributed by atoms with Gasteiger partial charge in [-0.25, -0.2) is 4.79 Å². The van der Waals surface area contributed by atoms with Crippen LogP contribution in [0.5, 0.6) is 5.75 Å². The third-order valence-electron chi connectivity index (χ3n) is 4.40. The summed E-state index contributed by atoms with van der Waals surface area (Å²) in [7, 11) is 0. The molecule has 0 aliphatic carbocycles. The summed E-state index contributed by atoms with van der Waals surface area (Å²) in [6.07, 6.45) is -2.59. The highest BCUT2D eigenvalue weighted by molar-refractivity contribution is 5.66. The lowest BCUT2D eigenvalue weighted by Crippen LogP contribution is -2.48. The van der Waals surface area contributed by atoms with Crippen LogP contribution >= 0.6 is 0 Å². The Balaban J connectivity index is 1.65. The summed E-state index contributed by atoms with van der Waals surface area (Å²) in [5.41, 5.74) is -0.708. The van der Waals surface area contributed by atoms with Gasteiger partial charge in [0.1, 0.15) is 11.9 Å². The lowest BCUT2D eigenvalue weighted by molar-refractivity contribution is -0.137. The van der Waals surface area contributed by atoms with Crippen LogP contribution in [0.15, 0.2) is 24.3 Å². The quantitative estimate of drug-likeness (QED) is 0.904. The number of benzene rings is 1. The second-order valence-electron chi connectivity index (χ2n) is 5.81. The number of fused-ring (bicyclic) bond motifs is 2. The summed E-state index contributed by atoms with van der Waals surface area (Å²) in [4.78, 5) is 12.7. The molecule has 3 atom stereocenters. The van der Waals surface area contributed by atoms with Crippen LogP contribution in [0.4, 0.5) is 18.0 Å². The molecule has 2 aliphatic rings. The van der Waals surface area contributed by atoms with Gasteiger partial charge in [-0.15, -0.1) is 0 Å². The Morgan fingerprint density at radius 2 is 1.68 bits per heavy atom. The zero-order chi connectivity index (χ0) is 15.9. The van der Waals surface area contributed by atoms with E-state index in [1.54, 1.807) is 0 Å². The van der Waals surface area contributed by atoms with Crippen molar-refractivity contribution in [3.8, 4) is 5.75 Å². The number of carboxylic acid groups (broad SMARTS) is 1. The van der Waals surface area contributed by atoms with Crippen LogP contribution in [0.3, 0.4) is 0 Å². The molecular weight excluding hydrogens is 299 g/mol. The molecule has 2 fully saturated rings. The molecule has 0 saturated carbocycles. The van der Waals surface area contributed by atoms with Gasteiger partial charge in [0.15, 0.2) is 0 Å². The van der Waals surface area contributed by atoms with E-state index in [2.05, 4.69) is 0 Å². The van der Waals surface area contributed by atoms with E-state index >= 15 is 0 Å². The first-order valence-electron chi connectivity index (χ1n) is 7.20. The van der Waals surface area contributed by atoms with Crippen LogP contribution in [0.2, 0.25) is 0 Å². The van der Waals surface area contributed by atoms with Crippen molar-refractivity contribution in [3.05, 3.63) is 29.8 Å². The number of hydrogen-bond acceptors (Lipinski definition) is 2. The van der Waals surface area contributed by atoms with Crippen LogP contribution in [-0.2, 0) is 6.18 Å². The summed E-state index contributed by atoms with van der Waals surface area (Å²) in [6, 6.07) is 4.53. The number of hydrogen-bond donors (Lipinski definition) is 1. The van der Waals surface area contributed by atoms with Crippen molar-refractivity contribution in [1.29, 1.82) is 0 Å². The smallest absolute Gasteiger partial charge is 0.416 e. The molecule has 2 aliphatic heterocycles. The maximum absolute atomic E-state index is 12.5. The van der Waals surface area contributed by atoms with Crippen LogP contribution in [-0.4, -0.2) is 34.3 Å². The van der Waals surface area contributed by atoms with Gasteiger partial charge in [0.05, 0.1) is 5.56 Å². The van der Waals surface area contributed by atoms with E-state index in [-0.39, 0.29) is 18.2 Å². The lowest BCUT2D eigenvalue weighted by Gasteiger charge is -2.37. The van der Waals surface area contributed by atoms with Crippen molar-refractivity contribution < 1.29 is 27.8 Å². The van der Waals surface area contributed by atoms with Gasteiger partial charge in [0.2, 0.25) is 0 Å². The molecule has 1 aromatic carbocycles. The molecule has 120 valence electrons. The average molecular weight is 315 g/mol. The molecule has 1 aromatic rings. The van der Waals surface area contributed by atoms with Gasteiger partial charge >= 0.3 is 12.3 Å². The van der Waals surface area contributed by atoms with Crippen LogP contribution in [0.1, 0.15) is 31.2 Å². The van der Waals surface area contributed by atoms with Gasteiger partial charge in [-0.2, -0.15) is 13.2 Å². The van der Waals surface area contributed by atoms with Crippen LogP contribution in [0, 0.1) is 0 Å². The fourth-order valence-corrected chi connectivity index (χ4v) is 3.45. The lowest BCUT2D eigenvalue weighted by atomic mass is 10.00. The van der Waals surface area contributed by atoms with E-state index in [4.69, 9.17) is 4.74 Å². The highest BCUT2D eigenvalue weighted by atomic mass is 19.4. The minimum absolute atomic E-state index is 0.0456. The number of ether oxygens (including phenoxy) is 1. The monoisotopic (exact) mass is 315 g/mol. The zero-order valence-corrected chi connectivity index (χ0v) is 11.7. The van der Waals surface area contributed by atoms with Gasteiger partial charge in [0, 0.05) is 24.9 Å². The minimum atomic E-state index is -4.36. The molecule has 1 amide bonds. The topological polar surface area (TPSA) is 49.8 Å². The molecule has 3 rings (SSSR count). The molecule has 4 nitrogen and oxygen atoms in total. The molecule has 2 heterocycles. The van der Waals surface area contributed by atoms with Crippen molar-refractivity contribution >= 4 is 6.09 Å². The molecule has 1 N–H and O–H groups in total. The Kier molecular flexibility index (Phi) is 3.66. The molecule has 2 bridgehead atoms. The van der Waals surface area contributed by atoms with Crippen molar-refractivity contribution in [3.63, 3.8) is 0 Å². The van der Waals surface area contributed by atoms with Crippen molar-refractivity contribution in [1.82, 2.24) is 4.90 Å². The molecular formula is C15H16F3NO3. The Morgan fingerprint density at radius 1 is 1.14 bits per heavy atom. The molecule has 0 aromatic heterocycles. The number of piperidine rings is 1. The first-order valence-corrected chi connectivity index (χ1v) is 7.20. The number of amides is 1. The highest BCUT2D eigenvalue weighted by Gasteiger charge is 2.44. The predicted molar refractivity (Wildman–Crippen MR) is 71.8 cm³/mol. The van der Waals surface area contributed by atoms with Gasteiger partial charge in [-0.3, -0.25) is 0 Å². The third-order valence-corrected chi connectivity index (χ3v) is 4.40. The van der Waals surface area contributed by atoms with E-state index in [0.717, 1.165) is 25.0 Å². The predicted octanol–water partition coefficient (Wildman–Crippen LogP) is 3.76. The highest BCUT2D eigenvalue weighted by Crippen LogP contribution is 2.37. The Bertz CT molecular complexity index is 544. The number of rotatable bonds is 2. The molecule has 1 unspecified atom stereocenters. The van der Waals surface area contributed by atoms with E-state index in [1.807, 2.05) is 0 Å². The summed E-state index contributed by atoms with van der Waals surface area (Å²) in [5, 5.41) is 9.18. The standard InChI is InChI=1S/C15H16F3NO3/c16-15(17,18)9-1-5-12(6-2-9)22-13-7-10-3-4-11(8-13)19(10)14(20)21/h1-2,5-6,10-11,13H,3-4,7-8H2,(H,20,21)/t10-,11+,13?. The van der Waals surface area contributed by atoms with Crippen molar-refractivity contribution in [2.45, 2.75) is 50.0 Å². The average Bonchev–Trinajstić information content (AvgIpc) is 2.71. The fraction of sp³-hybridized carbons (Fsp3) is 0.533. The Labute approximate surface area is 125 Å². The van der Waals surface area contributed by atoms with E-state index in [9.17, 15) is 23.1 Å². The molecule has 22 heavy (non-hydrogen) atoms. The second-order valence-corrected chi connectivity index (χ2v) is 5.81. The first-order chi connectivity index (χ1) is 10.3. The van der Waals surface area contributed by atoms with E-state index in [1.165, 1.54) is 17.0 Å². The number of nitrogens with zero attached hydrogens (tertiary/aromatic N) is 1. The maximum atomic E-state index is 12.5. The third kappa shape index (κ3) is 2.84. The van der Waals surface area contributed by atoms with E-state index < -0.39 is 17.8 Å². The maximum Gasteiger partial charge on any atom is 0.416 e. The summed E-state index contributed by atoms with van der Waals surface area (Å²) in [6.45, 7) is 0. The van der Waals surface area contributed by atoms with Gasteiger partial charge in [0.25, 0.3) is 0 Å². The number of halogens is 3. The number of carbonyl (C=O) groups is 1. The molecule has 7 heteroatoms. The van der Waals surface area contributed by atoms with Crippen LogP contribution < -0.4 is 4.74 Å². The van der Waals surface area contributed by atoms with Crippen molar-refractivity contribution in [2.75, 3.05) is 0 Å². The largest absolute Gasteiger partial charge is 0.490 e.